The van der Waals surface area contributed by atoms with Gasteiger partial charge in [0.1, 0.15) is 0 Å². The molecule has 4 nitrogen and oxygen atoms in total. The lowest BCUT2D eigenvalue weighted by molar-refractivity contribution is -0.131. The van der Waals surface area contributed by atoms with Gasteiger partial charge in [0.25, 0.3) is 0 Å². The molecule has 0 rings (SSSR count). The van der Waals surface area contributed by atoms with Crippen LogP contribution in [0.3, 0.4) is 0 Å². The van der Waals surface area contributed by atoms with Gasteiger partial charge in [-0.05, 0) is 26.8 Å². The average molecular weight is 239 g/mol. The number of rotatable bonds is 8. The van der Waals surface area contributed by atoms with E-state index in [1.54, 1.807) is 0 Å². The molecule has 0 aliphatic rings. The highest BCUT2D eigenvalue weighted by atomic mass is 35.5. The van der Waals surface area contributed by atoms with Crippen molar-refractivity contribution in [1.82, 2.24) is 4.90 Å². The molecule has 1 amide bonds. The van der Waals surface area contributed by atoms with E-state index >= 15 is 0 Å². The molecule has 92 valence electrons. The molecule has 5 heteroatoms. The van der Waals surface area contributed by atoms with Crippen molar-refractivity contribution < 1.29 is 9.53 Å². The van der Waals surface area contributed by atoms with Crippen LogP contribution in [0.25, 0.3) is 0 Å². The summed E-state index contributed by atoms with van der Waals surface area (Å²) in [6.07, 6.45) is 1.32. The Morgan fingerprint density at radius 3 is 2.53 bits per heavy atom. The van der Waals surface area contributed by atoms with E-state index in [-0.39, 0.29) is 18.3 Å². The number of carbonyl (C=O) groups excluding carboxylic acids is 1. The van der Waals surface area contributed by atoms with Gasteiger partial charge in [-0.1, -0.05) is 0 Å². The van der Waals surface area contributed by atoms with Crippen LogP contribution in [0.4, 0.5) is 0 Å². The van der Waals surface area contributed by atoms with Crippen molar-refractivity contribution >= 4 is 18.3 Å². The van der Waals surface area contributed by atoms with Crippen molar-refractivity contribution in [2.45, 2.75) is 26.7 Å². The first-order valence-corrected chi connectivity index (χ1v) is 5.31. The third kappa shape index (κ3) is 8.66. The summed E-state index contributed by atoms with van der Waals surface area (Å²) in [5.41, 5.74) is 5.34. The molecule has 0 bridgehead atoms. The summed E-state index contributed by atoms with van der Waals surface area (Å²) in [5, 5.41) is 0. The second-order valence-electron chi connectivity index (χ2n) is 3.06. The molecular formula is C10H23ClN2O2. The first kappa shape index (κ1) is 17.1. The second kappa shape index (κ2) is 11.8. The van der Waals surface area contributed by atoms with E-state index in [0.29, 0.717) is 32.7 Å². The van der Waals surface area contributed by atoms with Gasteiger partial charge in [-0.3, -0.25) is 4.79 Å². The van der Waals surface area contributed by atoms with Gasteiger partial charge in [0, 0.05) is 26.1 Å². The fourth-order valence-corrected chi connectivity index (χ4v) is 1.19. The Morgan fingerprint density at radius 2 is 2.07 bits per heavy atom. The van der Waals surface area contributed by atoms with Gasteiger partial charge < -0.3 is 15.4 Å². The minimum Gasteiger partial charge on any atom is -0.380 e. The molecule has 2 N–H and O–H groups in total. The molecule has 0 aromatic rings. The molecule has 0 radical (unpaired) electrons. The smallest absolute Gasteiger partial charge is 0.222 e. The van der Waals surface area contributed by atoms with E-state index < -0.39 is 0 Å². The maximum Gasteiger partial charge on any atom is 0.222 e. The summed E-state index contributed by atoms with van der Waals surface area (Å²) < 4.78 is 5.20. The normalized spacial score (nSPS) is 9.53. The van der Waals surface area contributed by atoms with E-state index in [4.69, 9.17) is 10.5 Å². The standard InChI is InChI=1S/C10H22N2O2.ClH/c1-3-12(8-9-14-4-2)10(13)6-5-7-11;/h3-9,11H2,1-2H3;1H. The molecule has 0 atom stereocenters. The van der Waals surface area contributed by atoms with Gasteiger partial charge in [0.05, 0.1) is 6.61 Å². The van der Waals surface area contributed by atoms with Crippen LogP contribution in [0.2, 0.25) is 0 Å². The van der Waals surface area contributed by atoms with Crippen LogP contribution in [0, 0.1) is 0 Å². The van der Waals surface area contributed by atoms with E-state index in [2.05, 4.69) is 0 Å². The molecule has 0 aromatic heterocycles. The summed E-state index contributed by atoms with van der Waals surface area (Å²) in [5.74, 6) is 0.178. The molecule has 0 aliphatic heterocycles. The van der Waals surface area contributed by atoms with Crippen LogP contribution < -0.4 is 5.73 Å². The van der Waals surface area contributed by atoms with E-state index in [9.17, 15) is 4.79 Å². The molecule has 15 heavy (non-hydrogen) atoms. The SMILES string of the molecule is CCOCCN(CC)C(=O)CCCN.Cl. The van der Waals surface area contributed by atoms with E-state index in [0.717, 1.165) is 13.0 Å². The minimum absolute atomic E-state index is 0. The highest BCUT2D eigenvalue weighted by Gasteiger charge is 2.09. The van der Waals surface area contributed by atoms with Gasteiger partial charge in [-0.15, -0.1) is 12.4 Å². The fourth-order valence-electron chi connectivity index (χ4n) is 1.19. The van der Waals surface area contributed by atoms with E-state index in [1.165, 1.54) is 0 Å². The van der Waals surface area contributed by atoms with Crippen LogP contribution in [-0.2, 0) is 9.53 Å². The zero-order valence-electron chi connectivity index (χ0n) is 9.70. The van der Waals surface area contributed by atoms with Crippen LogP contribution in [0.1, 0.15) is 26.7 Å². The maximum atomic E-state index is 11.5. The Labute approximate surface area is 98.6 Å². The minimum atomic E-state index is 0. The van der Waals surface area contributed by atoms with Crippen LogP contribution in [0.15, 0.2) is 0 Å². The number of ether oxygens (including phenoxy) is 1. The number of likely N-dealkylation sites (N-methyl/N-ethyl adjacent to an activating group) is 1. The summed E-state index contributed by atoms with van der Waals surface area (Å²) in [7, 11) is 0. The van der Waals surface area contributed by atoms with Gasteiger partial charge in [0.2, 0.25) is 5.91 Å². The van der Waals surface area contributed by atoms with Crippen LogP contribution in [-0.4, -0.2) is 43.7 Å². The fraction of sp³-hybridized carbons (Fsp3) is 0.900. The Balaban J connectivity index is 0. The summed E-state index contributed by atoms with van der Waals surface area (Å²) >= 11 is 0. The Bertz CT molecular complexity index is 156. The molecule has 0 aliphatic carbocycles. The lowest BCUT2D eigenvalue weighted by Gasteiger charge is -2.20. The van der Waals surface area contributed by atoms with Crippen molar-refractivity contribution in [3.63, 3.8) is 0 Å². The first-order valence-electron chi connectivity index (χ1n) is 5.31. The predicted molar refractivity (Wildman–Crippen MR) is 64.3 cm³/mol. The number of nitrogens with zero attached hydrogens (tertiary/aromatic N) is 1. The van der Waals surface area contributed by atoms with Gasteiger partial charge in [0.15, 0.2) is 0 Å². The second-order valence-corrected chi connectivity index (χ2v) is 3.06. The molecule has 0 aromatic carbocycles. The van der Waals surface area contributed by atoms with Gasteiger partial charge >= 0.3 is 0 Å². The van der Waals surface area contributed by atoms with Crippen molar-refractivity contribution in [3.8, 4) is 0 Å². The largest absolute Gasteiger partial charge is 0.380 e. The maximum absolute atomic E-state index is 11.5. The number of halogens is 1. The highest BCUT2D eigenvalue weighted by molar-refractivity contribution is 5.85. The van der Waals surface area contributed by atoms with Gasteiger partial charge in [-0.2, -0.15) is 0 Å². The third-order valence-corrected chi connectivity index (χ3v) is 2.04. The highest BCUT2D eigenvalue weighted by Crippen LogP contribution is 1.97. The lowest BCUT2D eigenvalue weighted by atomic mass is 10.3. The Hall–Kier alpha value is -0.320. The number of hydrogen-bond donors (Lipinski definition) is 1. The van der Waals surface area contributed by atoms with E-state index in [1.807, 2.05) is 18.7 Å². The molecule has 0 saturated carbocycles. The van der Waals surface area contributed by atoms with Crippen molar-refractivity contribution in [3.05, 3.63) is 0 Å². The molecule has 0 unspecified atom stereocenters. The third-order valence-electron chi connectivity index (χ3n) is 2.04. The summed E-state index contributed by atoms with van der Waals surface area (Å²) in [4.78, 5) is 13.4. The molecular weight excluding hydrogens is 216 g/mol. The predicted octanol–water partition coefficient (Wildman–Crippen LogP) is 1.03. The van der Waals surface area contributed by atoms with Gasteiger partial charge in [-0.25, -0.2) is 0 Å². The average Bonchev–Trinajstić information content (AvgIpc) is 2.21. The topological polar surface area (TPSA) is 55.6 Å². The number of amides is 1. The van der Waals surface area contributed by atoms with Crippen molar-refractivity contribution in [1.29, 1.82) is 0 Å². The molecule has 0 saturated heterocycles. The quantitative estimate of drug-likeness (QED) is 0.643. The summed E-state index contributed by atoms with van der Waals surface area (Å²) in [6, 6.07) is 0. The van der Waals surface area contributed by atoms with Crippen molar-refractivity contribution in [2.24, 2.45) is 5.73 Å². The number of carbonyl (C=O) groups is 1. The van der Waals surface area contributed by atoms with Crippen molar-refractivity contribution in [2.75, 3.05) is 32.8 Å². The zero-order valence-corrected chi connectivity index (χ0v) is 10.5. The Kier molecular flexibility index (Phi) is 13.4. The molecule has 0 fully saturated rings. The monoisotopic (exact) mass is 238 g/mol. The molecule has 0 heterocycles. The summed E-state index contributed by atoms with van der Waals surface area (Å²) in [6.45, 7) is 7.27. The first-order chi connectivity index (χ1) is 6.76. The number of nitrogens with two attached hydrogens (primary N) is 1. The lowest BCUT2D eigenvalue weighted by Crippen LogP contribution is -2.34. The number of hydrogen-bond acceptors (Lipinski definition) is 3. The zero-order chi connectivity index (χ0) is 10.8. The van der Waals surface area contributed by atoms with Crippen LogP contribution in [0.5, 0.6) is 0 Å². The Morgan fingerprint density at radius 1 is 1.40 bits per heavy atom. The molecule has 0 spiro atoms. The van der Waals surface area contributed by atoms with Crippen LogP contribution >= 0.6 is 12.4 Å².